The summed E-state index contributed by atoms with van der Waals surface area (Å²) in [5.74, 6) is -1.94. The van der Waals surface area contributed by atoms with Crippen molar-refractivity contribution in [3.05, 3.63) is 59.7 Å². The lowest BCUT2D eigenvalue weighted by atomic mass is 10.2. The number of hydrogen-bond donors (Lipinski definition) is 2. The van der Waals surface area contributed by atoms with Gasteiger partial charge in [-0.3, -0.25) is 14.9 Å². The number of para-hydroxylation sites is 1. The first kappa shape index (κ1) is 17.0. The van der Waals surface area contributed by atoms with Gasteiger partial charge >= 0.3 is 5.97 Å². The monoisotopic (exact) mass is 329 g/mol. The minimum Gasteiger partial charge on any atom is -0.507 e. The number of phenolic OH excluding ortho intramolecular Hbond substituents is 1. The average molecular weight is 329 g/mol. The highest BCUT2D eigenvalue weighted by Gasteiger charge is 2.15. The molecule has 0 aliphatic heterocycles. The van der Waals surface area contributed by atoms with Gasteiger partial charge in [0, 0.05) is 5.56 Å². The summed E-state index contributed by atoms with van der Waals surface area (Å²) in [6, 6.07) is 11.9. The van der Waals surface area contributed by atoms with Crippen LogP contribution in [-0.2, 0) is 9.53 Å². The number of amides is 2. The third-order valence-electron chi connectivity index (χ3n) is 3.06. The van der Waals surface area contributed by atoms with Gasteiger partial charge in [0.1, 0.15) is 17.1 Å². The number of phenols is 1. The second-order valence-corrected chi connectivity index (χ2v) is 4.70. The highest BCUT2D eigenvalue weighted by atomic mass is 16.5. The molecule has 124 valence electrons. The van der Waals surface area contributed by atoms with E-state index in [4.69, 9.17) is 9.47 Å². The number of nitrogens with one attached hydrogen (secondary N) is 1. The van der Waals surface area contributed by atoms with Crippen LogP contribution in [0.25, 0.3) is 0 Å². The highest BCUT2D eigenvalue weighted by molar-refractivity contribution is 6.05. The molecule has 0 heterocycles. The Labute approximate surface area is 137 Å². The number of imide groups is 1. The van der Waals surface area contributed by atoms with E-state index in [1.165, 1.54) is 31.4 Å². The summed E-state index contributed by atoms with van der Waals surface area (Å²) in [4.78, 5) is 35.3. The first-order valence-corrected chi connectivity index (χ1v) is 6.94. The summed E-state index contributed by atoms with van der Waals surface area (Å²) >= 11 is 0. The van der Waals surface area contributed by atoms with Gasteiger partial charge in [-0.25, -0.2) is 4.79 Å². The molecule has 0 bridgehead atoms. The Morgan fingerprint density at radius 3 is 2.33 bits per heavy atom. The number of methoxy groups -OCH3 is 1. The molecule has 0 unspecified atom stereocenters. The van der Waals surface area contributed by atoms with Gasteiger partial charge in [-0.05, 0) is 36.4 Å². The molecule has 7 nitrogen and oxygen atoms in total. The standard InChI is InChI=1S/C17H15NO6/c1-23-12-8-6-11(7-9-12)16(21)18-15(20)10-24-17(22)13-4-2-3-5-14(13)19/h2-9,19H,10H2,1H3,(H,18,20,21). The first-order valence-electron chi connectivity index (χ1n) is 6.94. The molecular formula is C17H15NO6. The van der Waals surface area contributed by atoms with Crippen molar-refractivity contribution >= 4 is 17.8 Å². The van der Waals surface area contributed by atoms with E-state index in [9.17, 15) is 19.5 Å². The maximum Gasteiger partial charge on any atom is 0.342 e. The van der Waals surface area contributed by atoms with Crippen molar-refractivity contribution in [1.29, 1.82) is 0 Å². The molecule has 24 heavy (non-hydrogen) atoms. The third-order valence-corrected chi connectivity index (χ3v) is 3.06. The third kappa shape index (κ3) is 4.33. The molecule has 0 saturated heterocycles. The van der Waals surface area contributed by atoms with Crippen LogP contribution in [0.15, 0.2) is 48.5 Å². The van der Waals surface area contributed by atoms with Crippen molar-refractivity contribution in [2.75, 3.05) is 13.7 Å². The predicted octanol–water partition coefficient (Wildman–Crippen LogP) is 1.51. The van der Waals surface area contributed by atoms with Crippen molar-refractivity contribution in [3.63, 3.8) is 0 Å². The summed E-state index contributed by atoms with van der Waals surface area (Å²) in [6.45, 7) is -0.644. The molecule has 0 spiro atoms. The Morgan fingerprint density at radius 2 is 1.71 bits per heavy atom. The Hall–Kier alpha value is -3.35. The average Bonchev–Trinajstić information content (AvgIpc) is 2.60. The molecule has 0 saturated carbocycles. The number of esters is 1. The van der Waals surface area contributed by atoms with Gasteiger partial charge in [0.15, 0.2) is 6.61 Å². The van der Waals surface area contributed by atoms with E-state index < -0.39 is 24.4 Å². The molecule has 0 fully saturated rings. The van der Waals surface area contributed by atoms with Crippen LogP contribution in [0.3, 0.4) is 0 Å². The summed E-state index contributed by atoms with van der Waals surface area (Å²) in [5, 5.41) is 11.6. The second kappa shape index (κ2) is 7.77. The van der Waals surface area contributed by atoms with E-state index >= 15 is 0 Å². The normalized spacial score (nSPS) is 9.88. The molecule has 2 rings (SSSR count). The van der Waals surface area contributed by atoms with Gasteiger partial charge in [-0.2, -0.15) is 0 Å². The second-order valence-electron chi connectivity index (χ2n) is 4.70. The van der Waals surface area contributed by atoms with Gasteiger partial charge in [-0.1, -0.05) is 12.1 Å². The zero-order chi connectivity index (χ0) is 17.5. The minimum atomic E-state index is -0.861. The van der Waals surface area contributed by atoms with Crippen molar-refractivity contribution in [1.82, 2.24) is 5.32 Å². The van der Waals surface area contributed by atoms with E-state index in [1.807, 2.05) is 0 Å². The van der Waals surface area contributed by atoms with Gasteiger partial charge in [0.2, 0.25) is 0 Å². The van der Waals surface area contributed by atoms with Crippen LogP contribution in [-0.4, -0.2) is 36.6 Å². The quantitative estimate of drug-likeness (QED) is 0.806. The lowest BCUT2D eigenvalue weighted by Crippen LogP contribution is -2.34. The molecule has 2 N–H and O–H groups in total. The van der Waals surface area contributed by atoms with Gasteiger partial charge in [0.25, 0.3) is 11.8 Å². The van der Waals surface area contributed by atoms with E-state index in [0.717, 1.165) is 0 Å². The van der Waals surface area contributed by atoms with Crippen LogP contribution in [0.1, 0.15) is 20.7 Å². The molecule has 0 aliphatic carbocycles. The number of aromatic hydroxyl groups is 1. The maximum absolute atomic E-state index is 11.9. The van der Waals surface area contributed by atoms with Crippen LogP contribution in [0, 0.1) is 0 Å². The Bertz CT molecular complexity index is 754. The lowest BCUT2D eigenvalue weighted by molar-refractivity contribution is -0.123. The van der Waals surface area contributed by atoms with Gasteiger partial charge in [0.05, 0.1) is 7.11 Å². The van der Waals surface area contributed by atoms with Crippen LogP contribution < -0.4 is 10.1 Å². The fourth-order valence-electron chi connectivity index (χ4n) is 1.83. The molecule has 7 heteroatoms. The molecular weight excluding hydrogens is 314 g/mol. The number of ether oxygens (including phenoxy) is 2. The lowest BCUT2D eigenvalue weighted by Gasteiger charge is -2.07. The van der Waals surface area contributed by atoms with Gasteiger partial charge < -0.3 is 14.6 Å². The molecule has 0 aromatic heterocycles. The van der Waals surface area contributed by atoms with E-state index in [1.54, 1.807) is 24.3 Å². The smallest absolute Gasteiger partial charge is 0.342 e. The predicted molar refractivity (Wildman–Crippen MR) is 83.9 cm³/mol. The summed E-state index contributed by atoms with van der Waals surface area (Å²) in [6.07, 6.45) is 0. The Kier molecular flexibility index (Phi) is 5.51. The topological polar surface area (TPSA) is 102 Å². The van der Waals surface area contributed by atoms with Crippen LogP contribution in [0.5, 0.6) is 11.5 Å². The number of rotatable bonds is 5. The fraction of sp³-hybridized carbons (Fsp3) is 0.118. The number of benzene rings is 2. The molecule has 2 aromatic carbocycles. The van der Waals surface area contributed by atoms with Crippen molar-refractivity contribution in [2.24, 2.45) is 0 Å². The molecule has 0 atom stereocenters. The summed E-state index contributed by atoms with van der Waals surface area (Å²) in [5.41, 5.74) is 0.197. The van der Waals surface area contributed by atoms with Crippen LogP contribution >= 0.6 is 0 Å². The van der Waals surface area contributed by atoms with Crippen molar-refractivity contribution in [3.8, 4) is 11.5 Å². The van der Waals surface area contributed by atoms with Crippen molar-refractivity contribution < 1.29 is 29.0 Å². The first-order chi connectivity index (χ1) is 11.5. The fourth-order valence-corrected chi connectivity index (χ4v) is 1.83. The number of hydrogen-bond acceptors (Lipinski definition) is 6. The summed E-state index contributed by atoms with van der Waals surface area (Å²) < 4.78 is 9.73. The summed E-state index contributed by atoms with van der Waals surface area (Å²) in [7, 11) is 1.50. The Morgan fingerprint density at radius 1 is 1.04 bits per heavy atom. The molecule has 0 radical (unpaired) electrons. The zero-order valence-corrected chi connectivity index (χ0v) is 12.8. The van der Waals surface area contributed by atoms with Crippen LogP contribution in [0.2, 0.25) is 0 Å². The van der Waals surface area contributed by atoms with E-state index in [-0.39, 0.29) is 16.9 Å². The maximum atomic E-state index is 11.9. The SMILES string of the molecule is COc1ccc(C(=O)NC(=O)COC(=O)c2ccccc2O)cc1. The Balaban J connectivity index is 1.87. The van der Waals surface area contributed by atoms with Crippen LogP contribution in [0.4, 0.5) is 0 Å². The minimum absolute atomic E-state index is 0.0632. The molecule has 2 aromatic rings. The molecule has 0 aliphatic rings. The van der Waals surface area contributed by atoms with Gasteiger partial charge in [-0.15, -0.1) is 0 Å². The highest BCUT2D eigenvalue weighted by Crippen LogP contribution is 2.16. The van der Waals surface area contributed by atoms with E-state index in [2.05, 4.69) is 5.32 Å². The number of carbonyl (C=O) groups is 3. The number of carbonyl (C=O) groups excluding carboxylic acids is 3. The van der Waals surface area contributed by atoms with E-state index in [0.29, 0.717) is 5.75 Å². The molecule has 2 amide bonds. The van der Waals surface area contributed by atoms with Crippen molar-refractivity contribution in [2.45, 2.75) is 0 Å². The largest absolute Gasteiger partial charge is 0.507 e. The zero-order valence-electron chi connectivity index (χ0n) is 12.8.